The molecule has 2 heterocycles. The lowest BCUT2D eigenvalue weighted by Gasteiger charge is -2.19. The van der Waals surface area contributed by atoms with Gasteiger partial charge in [-0.3, -0.25) is 4.79 Å². The highest BCUT2D eigenvalue weighted by molar-refractivity contribution is 8.27. The van der Waals surface area contributed by atoms with Crippen LogP contribution in [0, 0.1) is 0 Å². The molecule has 0 bridgehead atoms. The molecular formula is C10H12N2OS3. The SMILES string of the molecule is CCN1C(C)=C(C)S/C1=C1/SC(=S)NC1=O. The molecule has 0 aromatic rings. The molecule has 86 valence electrons. The van der Waals surface area contributed by atoms with E-state index < -0.39 is 0 Å². The van der Waals surface area contributed by atoms with E-state index in [4.69, 9.17) is 12.2 Å². The van der Waals surface area contributed by atoms with E-state index in [-0.39, 0.29) is 5.91 Å². The Bertz CT molecular complexity index is 439. The average Bonchev–Trinajstić information content (AvgIpc) is 2.69. The number of carbonyl (C=O) groups excluding carboxylic acids is 1. The maximum atomic E-state index is 11.7. The van der Waals surface area contributed by atoms with E-state index in [0.717, 1.165) is 16.5 Å². The molecule has 0 atom stereocenters. The summed E-state index contributed by atoms with van der Waals surface area (Å²) in [5.74, 6) is -0.0709. The molecule has 1 N–H and O–H groups in total. The summed E-state index contributed by atoms with van der Waals surface area (Å²) in [6, 6.07) is 0. The van der Waals surface area contributed by atoms with Gasteiger partial charge < -0.3 is 10.2 Å². The Balaban J connectivity index is 2.40. The van der Waals surface area contributed by atoms with E-state index in [2.05, 4.69) is 31.0 Å². The molecule has 0 aromatic heterocycles. The second kappa shape index (κ2) is 4.43. The Morgan fingerprint density at radius 3 is 2.56 bits per heavy atom. The Labute approximate surface area is 109 Å². The van der Waals surface area contributed by atoms with E-state index in [1.54, 1.807) is 11.8 Å². The normalized spacial score (nSPS) is 25.8. The monoisotopic (exact) mass is 272 g/mol. The zero-order valence-electron chi connectivity index (χ0n) is 9.29. The van der Waals surface area contributed by atoms with Gasteiger partial charge in [0, 0.05) is 17.1 Å². The van der Waals surface area contributed by atoms with Crippen molar-refractivity contribution < 1.29 is 4.79 Å². The van der Waals surface area contributed by atoms with Crippen molar-refractivity contribution in [2.75, 3.05) is 6.54 Å². The molecule has 6 heteroatoms. The van der Waals surface area contributed by atoms with Crippen LogP contribution >= 0.6 is 35.7 Å². The van der Waals surface area contributed by atoms with Gasteiger partial charge in [-0.05, 0) is 20.8 Å². The quantitative estimate of drug-likeness (QED) is 0.586. The summed E-state index contributed by atoms with van der Waals surface area (Å²) >= 11 is 8.01. The van der Waals surface area contributed by atoms with Gasteiger partial charge in [-0.1, -0.05) is 35.7 Å². The Morgan fingerprint density at radius 2 is 2.06 bits per heavy atom. The van der Waals surface area contributed by atoms with Gasteiger partial charge >= 0.3 is 0 Å². The van der Waals surface area contributed by atoms with Crippen molar-refractivity contribution in [2.24, 2.45) is 0 Å². The summed E-state index contributed by atoms with van der Waals surface area (Å²) in [6.07, 6.45) is 0. The van der Waals surface area contributed by atoms with Gasteiger partial charge in [0.2, 0.25) is 0 Å². The van der Waals surface area contributed by atoms with Crippen molar-refractivity contribution in [1.82, 2.24) is 10.2 Å². The van der Waals surface area contributed by atoms with Crippen molar-refractivity contribution in [3.63, 3.8) is 0 Å². The number of thioether (sulfide) groups is 2. The summed E-state index contributed by atoms with van der Waals surface area (Å²) in [5.41, 5.74) is 1.22. The van der Waals surface area contributed by atoms with E-state index in [9.17, 15) is 4.79 Å². The van der Waals surface area contributed by atoms with Crippen molar-refractivity contribution in [3.05, 3.63) is 20.5 Å². The molecule has 0 radical (unpaired) electrons. The summed E-state index contributed by atoms with van der Waals surface area (Å²) in [7, 11) is 0. The number of allylic oxidation sites excluding steroid dienone is 2. The summed E-state index contributed by atoms with van der Waals surface area (Å²) < 4.78 is 0.548. The van der Waals surface area contributed by atoms with Gasteiger partial charge in [0.1, 0.15) is 9.23 Å². The Kier molecular flexibility index (Phi) is 3.32. The fraction of sp³-hybridized carbons (Fsp3) is 0.400. The highest BCUT2D eigenvalue weighted by Crippen LogP contribution is 2.45. The van der Waals surface area contributed by atoms with E-state index in [0.29, 0.717) is 4.32 Å². The predicted octanol–water partition coefficient (Wildman–Crippen LogP) is 2.62. The molecule has 0 aliphatic carbocycles. The van der Waals surface area contributed by atoms with Crippen LogP contribution in [0.5, 0.6) is 0 Å². The molecule has 0 spiro atoms. The van der Waals surface area contributed by atoms with Crippen LogP contribution in [-0.4, -0.2) is 21.7 Å². The molecule has 1 amide bonds. The standard InChI is InChI=1S/C10H12N2OS3/c1-4-12-5(2)6(3)15-9(12)7-8(13)11-10(14)16-7/h4H2,1-3H3,(H,11,13,14)/b9-7+. The topological polar surface area (TPSA) is 32.3 Å². The molecule has 16 heavy (non-hydrogen) atoms. The molecule has 0 aromatic carbocycles. The molecular weight excluding hydrogens is 260 g/mol. The lowest BCUT2D eigenvalue weighted by Crippen LogP contribution is -2.21. The van der Waals surface area contributed by atoms with Crippen LogP contribution < -0.4 is 5.32 Å². The van der Waals surface area contributed by atoms with Crippen LogP contribution in [0.3, 0.4) is 0 Å². The number of rotatable bonds is 1. The van der Waals surface area contributed by atoms with Crippen molar-refractivity contribution >= 4 is 46.0 Å². The number of thiocarbonyl (C=S) groups is 1. The van der Waals surface area contributed by atoms with Crippen molar-refractivity contribution in [3.8, 4) is 0 Å². The third-order valence-corrected chi connectivity index (χ3v) is 5.11. The first-order chi connectivity index (χ1) is 7.54. The van der Waals surface area contributed by atoms with Gasteiger partial charge in [-0.15, -0.1) is 0 Å². The van der Waals surface area contributed by atoms with Gasteiger partial charge in [0.05, 0.1) is 5.03 Å². The number of amides is 1. The van der Waals surface area contributed by atoms with Crippen molar-refractivity contribution in [1.29, 1.82) is 0 Å². The van der Waals surface area contributed by atoms with Gasteiger partial charge in [-0.2, -0.15) is 0 Å². The molecule has 0 saturated carbocycles. The zero-order chi connectivity index (χ0) is 11.9. The van der Waals surface area contributed by atoms with E-state index in [1.165, 1.54) is 22.4 Å². The first-order valence-electron chi connectivity index (χ1n) is 4.95. The minimum Gasteiger partial charge on any atom is -0.338 e. The first-order valence-corrected chi connectivity index (χ1v) is 6.99. The minimum absolute atomic E-state index is 0.0709. The predicted molar refractivity (Wildman–Crippen MR) is 73.7 cm³/mol. The summed E-state index contributed by atoms with van der Waals surface area (Å²) in [5, 5.41) is 3.67. The summed E-state index contributed by atoms with van der Waals surface area (Å²) in [4.78, 5) is 15.8. The third-order valence-electron chi connectivity index (χ3n) is 2.54. The third kappa shape index (κ3) is 1.89. The molecule has 2 rings (SSSR count). The number of nitrogens with zero attached hydrogens (tertiary/aromatic N) is 1. The maximum Gasteiger partial charge on any atom is 0.266 e. The van der Waals surface area contributed by atoms with Gasteiger partial charge in [-0.25, -0.2) is 0 Å². The number of carbonyl (C=O) groups is 1. The minimum atomic E-state index is -0.0709. The summed E-state index contributed by atoms with van der Waals surface area (Å²) in [6.45, 7) is 7.11. The van der Waals surface area contributed by atoms with Crippen molar-refractivity contribution in [2.45, 2.75) is 20.8 Å². The number of hydrogen-bond donors (Lipinski definition) is 1. The van der Waals surface area contributed by atoms with Crippen LogP contribution in [0.1, 0.15) is 20.8 Å². The van der Waals surface area contributed by atoms with Crippen LogP contribution in [-0.2, 0) is 4.79 Å². The second-order valence-electron chi connectivity index (χ2n) is 3.47. The molecule has 2 aliphatic heterocycles. The highest BCUT2D eigenvalue weighted by atomic mass is 32.2. The van der Waals surface area contributed by atoms with E-state index >= 15 is 0 Å². The fourth-order valence-electron chi connectivity index (χ4n) is 1.62. The van der Waals surface area contributed by atoms with Crippen LogP contribution in [0.2, 0.25) is 0 Å². The lowest BCUT2D eigenvalue weighted by molar-refractivity contribution is -0.115. The lowest BCUT2D eigenvalue weighted by atomic mass is 10.4. The Morgan fingerprint density at radius 1 is 1.38 bits per heavy atom. The number of hydrogen-bond acceptors (Lipinski definition) is 5. The van der Waals surface area contributed by atoms with Crippen LogP contribution in [0.15, 0.2) is 20.5 Å². The largest absolute Gasteiger partial charge is 0.338 e. The van der Waals surface area contributed by atoms with Gasteiger partial charge in [0.15, 0.2) is 0 Å². The first kappa shape index (κ1) is 12.0. The molecule has 1 saturated heterocycles. The number of nitrogens with one attached hydrogen (secondary N) is 1. The Hall–Kier alpha value is -0.460. The van der Waals surface area contributed by atoms with E-state index in [1.807, 2.05) is 0 Å². The molecule has 2 aliphatic rings. The van der Waals surface area contributed by atoms with Crippen LogP contribution in [0.25, 0.3) is 0 Å². The maximum absolute atomic E-state index is 11.7. The molecule has 1 fully saturated rings. The smallest absolute Gasteiger partial charge is 0.266 e. The van der Waals surface area contributed by atoms with Gasteiger partial charge in [0.25, 0.3) is 5.91 Å². The highest BCUT2D eigenvalue weighted by Gasteiger charge is 2.32. The zero-order valence-corrected chi connectivity index (χ0v) is 11.7. The fourth-order valence-corrected chi connectivity index (χ4v) is 3.99. The average molecular weight is 272 g/mol. The molecule has 3 nitrogen and oxygen atoms in total. The second-order valence-corrected chi connectivity index (χ2v) is 6.36. The van der Waals surface area contributed by atoms with Crippen LogP contribution in [0.4, 0.5) is 0 Å². The molecule has 0 unspecified atom stereocenters.